The normalized spacial score (nSPS) is 17.8. The Morgan fingerprint density at radius 3 is 2.62 bits per heavy atom. The van der Waals surface area contributed by atoms with E-state index in [1.165, 1.54) is 5.69 Å². The van der Waals surface area contributed by atoms with Gasteiger partial charge in [0.15, 0.2) is 0 Å². The summed E-state index contributed by atoms with van der Waals surface area (Å²) in [6, 6.07) is 6.12. The summed E-state index contributed by atoms with van der Waals surface area (Å²) in [6.07, 6.45) is 4.11. The van der Waals surface area contributed by atoms with Crippen LogP contribution in [-0.2, 0) is 4.74 Å². The highest BCUT2D eigenvalue weighted by Crippen LogP contribution is 2.24. The molecule has 1 aromatic rings. The first-order valence-electron chi connectivity index (χ1n) is 4.45. The lowest BCUT2D eigenvalue weighted by Crippen LogP contribution is -2.14. The van der Waals surface area contributed by atoms with E-state index in [1.54, 1.807) is 0 Å². The first-order valence-corrected chi connectivity index (χ1v) is 4.45. The predicted octanol–water partition coefficient (Wildman–Crippen LogP) is 2.40. The van der Waals surface area contributed by atoms with Crippen molar-refractivity contribution in [3.8, 4) is 0 Å². The van der Waals surface area contributed by atoms with E-state index in [0.717, 1.165) is 26.1 Å². The van der Waals surface area contributed by atoms with Crippen molar-refractivity contribution in [3.63, 3.8) is 0 Å². The molecule has 0 amide bonds. The van der Waals surface area contributed by atoms with E-state index < -0.39 is 0 Å². The first kappa shape index (κ1) is 10.5. The number of hydrogen-bond donors (Lipinski definition) is 0. The van der Waals surface area contributed by atoms with Gasteiger partial charge in [0, 0.05) is 31.0 Å². The highest BCUT2D eigenvalue weighted by Gasteiger charge is 2.15. The molecular weight excluding hydrogens is 186 g/mol. The lowest BCUT2D eigenvalue weighted by Gasteiger charge is -2.21. The van der Waals surface area contributed by atoms with Gasteiger partial charge in [0.05, 0.1) is 0 Å². The molecule has 0 unspecified atom stereocenters. The summed E-state index contributed by atoms with van der Waals surface area (Å²) in [5.74, 6) is 0.625. The molecule has 0 atom stereocenters. The Balaban J connectivity index is 0.000000845. The van der Waals surface area contributed by atoms with Gasteiger partial charge in [-0.1, -0.05) is 6.07 Å². The maximum atomic E-state index is 5.29. The average Bonchev–Trinajstić information content (AvgIpc) is 2.21. The summed E-state index contributed by atoms with van der Waals surface area (Å²) >= 11 is 0. The number of rotatable bonds is 1. The maximum absolute atomic E-state index is 5.29. The molecule has 2 nitrogen and oxygen atoms in total. The fourth-order valence-electron chi connectivity index (χ4n) is 1.61. The monoisotopic (exact) mass is 199 g/mol. The second-order valence-electron chi connectivity index (χ2n) is 3.14. The number of ether oxygens (including phenoxy) is 1. The SMILES string of the molecule is Cl.c1ccc(C2CCOCC2)nc1. The number of nitrogens with zero attached hydrogens (tertiary/aromatic N) is 1. The van der Waals surface area contributed by atoms with Crippen LogP contribution in [0.3, 0.4) is 0 Å². The van der Waals surface area contributed by atoms with Crippen molar-refractivity contribution in [2.75, 3.05) is 13.2 Å². The molecule has 1 fully saturated rings. The van der Waals surface area contributed by atoms with Gasteiger partial charge in [0.1, 0.15) is 0 Å². The molecule has 72 valence electrons. The molecule has 0 aliphatic carbocycles. The molecular formula is C10H14ClNO. The average molecular weight is 200 g/mol. The minimum atomic E-state index is 0. The van der Waals surface area contributed by atoms with Crippen molar-refractivity contribution >= 4 is 12.4 Å². The van der Waals surface area contributed by atoms with Crippen LogP contribution in [0.15, 0.2) is 24.4 Å². The number of pyridine rings is 1. The summed E-state index contributed by atoms with van der Waals surface area (Å²) in [5.41, 5.74) is 1.22. The Bertz CT molecular complexity index is 234. The molecule has 0 aromatic carbocycles. The molecule has 2 heterocycles. The van der Waals surface area contributed by atoms with E-state index in [-0.39, 0.29) is 12.4 Å². The van der Waals surface area contributed by atoms with Gasteiger partial charge in [-0.3, -0.25) is 4.98 Å². The number of hydrogen-bond acceptors (Lipinski definition) is 2. The topological polar surface area (TPSA) is 22.1 Å². The highest BCUT2D eigenvalue weighted by atomic mass is 35.5. The van der Waals surface area contributed by atoms with Crippen LogP contribution in [0, 0.1) is 0 Å². The Morgan fingerprint density at radius 2 is 2.00 bits per heavy atom. The fraction of sp³-hybridized carbons (Fsp3) is 0.500. The van der Waals surface area contributed by atoms with Gasteiger partial charge in [-0.2, -0.15) is 0 Å². The molecule has 0 bridgehead atoms. The van der Waals surface area contributed by atoms with E-state index in [2.05, 4.69) is 17.1 Å². The molecule has 2 rings (SSSR count). The van der Waals surface area contributed by atoms with Crippen LogP contribution in [0.5, 0.6) is 0 Å². The quantitative estimate of drug-likeness (QED) is 0.693. The van der Waals surface area contributed by atoms with E-state index >= 15 is 0 Å². The Kier molecular flexibility index (Phi) is 4.19. The number of halogens is 1. The van der Waals surface area contributed by atoms with Crippen molar-refractivity contribution in [2.45, 2.75) is 18.8 Å². The van der Waals surface area contributed by atoms with Crippen molar-refractivity contribution in [2.24, 2.45) is 0 Å². The zero-order valence-corrected chi connectivity index (χ0v) is 8.30. The summed E-state index contributed by atoms with van der Waals surface area (Å²) in [5, 5.41) is 0. The largest absolute Gasteiger partial charge is 0.381 e. The third-order valence-electron chi connectivity index (χ3n) is 2.33. The third kappa shape index (κ3) is 2.68. The van der Waals surface area contributed by atoms with Gasteiger partial charge >= 0.3 is 0 Å². The minimum absolute atomic E-state index is 0. The predicted molar refractivity (Wildman–Crippen MR) is 54.3 cm³/mol. The lowest BCUT2D eigenvalue weighted by molar-refractivity contribution is 0.0845. The first-order chi connectivity index (χ1) is 5.97. The van der Waals surface area contributed by atoms with Crippen molar-refractivity contribution < 1.29 is 4.74 Å². The van der Waals surface area contributed by atoms with Crippen LogP contribution < -0.4 is 0 Å². The summed E-state index contributed by atoms with van der Waals surface area (Å²) in [4.78, 5) is 4.35. The standard InChI is InChI=1S/C10H13NO.ClH/c1-2-6-11-10(3-1)9-4-7-12-8-5-9;/h1-3,6,9H,4-5,7-8H2;1H. The van der Waals surface area contributed by atoms with Crippen LogP contribution in [0.25, 0.3) is 0 Å². The molecule has 13 heavy (non-hydrogen) atoms. The van der Waals surface area contributed by atoms with E-state index in [4.69, 9.17) is 4.74 Å². The Morgan fingerprint density at radius 1 is 1.23 bits per heavy atom. The lowest BCUT2D eigenvalue weighted by atomic mass is 9.96. The second-order valence-corrected chi connectivity index (χ2v) is 3.14. The fourth-order valence-corrected chi connectivity index (χ4v) is 1.61. The van der Waals surface area contributed by atoms with Crippen LogP contribution in [0.4, 0.5) is 0 Å². The summed E-state index contributed by atoms with van der Waals surface area (Å²) < 4.78 is 5.29. The van der Waals surface area contributed by atoms with Gasteiger partial charge in [-0.15, -0.1) is 12.4 Å². The summed E-state index contributed by atoms with van der Waals surface area (Å²) in [7, 11) is 0. The van der Waals surface area contributed by atoms with Gasteiger partial charge in [0.2, 0.25) is 0 Å². The molecule has 0 spiro atoms. The molecule has 1 saturated heterocycles. The number of aromatic nitrogens is 1. The van der Waals surface area contributed by atoms with Crippen LogP contribution >= 0.6 is 12.4 Å². The van der Waals surface area contributed by atoms with Crippen molar-refractivity contribution in [1.29, 1.82) is 0 Å². The minimum Gasteiger partial charge on any atom is -0.381 e. The molecule has 1 aliphatic heterocycles. The molecule has 0 N–H and O–H groups in total. The second kappa shape index (κ2) is 5.20. The molecule has 1 aliphatic rings. The van der Waals surface area contributed by atoms with E-state index in [1.807, 2.05) is 12.3 Å². The Labute approximate surface area is 84.7 Å². The van der Waals surface area contributed by atoms with Crippen LogP contribution in [0.2, 0.25) is 0 Å². The van der Waals surface area contributed by atoms with Crippen molar-refractivity contribution in [1.82, 2.24) is 4.98 Å². The van der Waals surface area contributed by atoms with Gasteiger partial charge in [-0.05, 0) is 25.0 Å². The zero-order valence-electron chi connectivity index (χ0n) is 7.48. The summed E-state index contributed by atoms with van der Waals surface area (Å²) in [6.45, 7) is 1.78. The molecule has 3 heteroatoms. The van der Waals surface area contributed by atoms with Gasteiger partial charge < -0.3 is 4.74 Å². The van der Waals surface area contributed by atoms with Crippen molar-refractivity contribution in [3.05, 3.63) is 30.1 Å². The van der Waals surface area contributed by atoms with Gasteiger partial charge in [-0.25, -0.2) is 0 Å². The van der Waals surface area contributed by atoms with E-state index in [0.29, 0.717) is 5.92 Å². The highest BCUT2D eigenvalue weighted by molar-refractivity contribution is 5.85. The Hall–Kier alpha value is -0.600. The molecule has 0 radical (unpaired) electrons. The van der Waals surface area contributed by atoms with Crippen LogP contribution in [-0.4, -0.2) is 18.2 Å². The molecule has 1 aromatic heterocycles. The molecule has 0 saturated carbocycles. The zero-order chi connectivity index (χ0) is 8.23. The van der Waals surface area contributed by atoms with E-state index in [9.17, 15) is 0 Å². The smallest absolute Gasteiger partial charge is 0.0472 e. The van der Waals surface area contributed by atoms with Crippen LogP contribution in [0.1, 0.15) is 24.5 Å². The van der Waals surface area contributed by atoms with Gasteiger partial charge in [0.25, 0.3) is 0 Å². The third-order valence-corrected chi connectivity index (χ3v) is 2.33. The maximum Gasteiger partial charge on any atom is 0.0472 e.